The van der Waals surface area contributed by atoms with E-state index in [1.165, 1.54) is 0 Å². The third-order valence-corrected chi connectivity index (χ3v) is 4.04. The number of carbonyl (C=O) groups is 1. The first-order chi connectivity index (χ1) is 11.9. The van der Waals surface area contributed by atoms with E-state index >= 15 is 0 Å². The highest BCUT2D eigenvalue weighted by atomic mass is 127. The highest BCUT2D eigenvalue weighted by molar-refractivity contribution is 14.0. The van der Waals surface area contributed by atoms with Gasteiger partial charge in [-0.25, -0.2) is 4.79 Å². The Labute approximate surface area is 173 Å². The van der Waals surface area contributed by atoms with Gasteiger partial charge in [0.05, 0.1) is 25.8 Å². The molecule has 1 atom stereocenters. The number of carbonyl (C=O) groups excluding carboxylic acids is 1. The number of nitrogens with one attached hydrogen (secondary N) is 1. The average molecular weight is 484 g/mol. The minimum Gasteiger partial charge on any atom is -0.444 e. The van der Waals surface area contributed by atoms with Crippen molar-refractivity contribution in [2.45, 2.75) is 38.8 Å². The van der Waals surface area contributed by atoms with Gasteiger partial charge in [-0.1, -0.05) is 0 Å². The first kappa shape index (κ1) is 23.2. The highest BCUT2D eigenvalue weighted by Gasteiger charge is 2.36. The van der Waals surface area contributed by atoms with Crippen LogP contribution >= 0.6 is 24.0 Å². The van der Waals surface area contributed by atoms with Crippen LogP contribution in [0.25, 0.3) is 0 Å². The SMILES string of the molecule is COCCOCCCNC1=NCC2CN(C(=O)OC(C)(C)C)CCN12.I. The Balaban J connectivity index is 0.00000338. The smallest absolute Gasteiger partial charge is 0.410 e. The molecule has 0 aromatic rings. The summed E-state index contributed by atoms with van der Waals surface area (Å²) >= 11 is 0. The first-order valence-electron chi connectivity index (χ1n) is 9.00. The van der Waals surface area contributed by atoms with Crippen molar-refractivity contribution in [1.82, 2.24) is 15.1 Å². The molecule has 1 saturated heterocycles. The van der Waals surface area contributed by atoms with Crippen LogP contribution in [0.15, 0.2) is 4.99 Å². The van der Waals surface area contributed by atoms with Crippen molar-refractivity contribution in [1.29, 1.82) is 0 Å². The Kier molecular flexibility index (Phi) is 9.94. The summed E-state index contributed by atoms with van der Waals surface area (Å²) in [6.07, 6.45) is 0.687. The zero-order valence-corrected chi connectivity index (χ0v) is 18.7. The molecule has 152 valence electrons. The van der Waals surface area contributed by atoms with E-state index in [2.05, 4.69) is 15.2 Å². The average Bonchev–Trinajstić information content (AvgIpc) is 2.95. The van der Waals surface area contributed by atoms with Crippen molar-refractivity contribution < 1.29 is 19.0 Å². The van der Waals surface area contributed by atoms with E-state index in [4.69, 9.17) is 14.2 Å². The summed E-state index contributed by atoms with van der Waals surface area (Å²) in [6, 6.07) is 0.238. The number of nitrogens with zero attached hydrogens (tertiary/aromatic N) is 3. The summed E-state index contributed by atoms with van der Waals surface area (Å²) in [5.41, 5.74) is -0.460. The number of fused-ring (bicyclic) bond motifs is 1. The van der Waals surface area contributed by atoms with Crippen LogP contribution < -0.4 is 5.32 Å². The van der Waals surface area contributed by atoms with Gasteiger partial charge in [-0.05, 0) is 27.2 Å². The van der Waals surface area contributed by atoms with Gasteiger partial charge >= 0.3 is 6.09 Å². The zero-order valence-electron chi connectivity index (χ0n) is 16.3. The van der Waals surface area contributed by atoms with Crippen LogP contribution in [0.1, 0.15) is 27.2 Å². The standard InChI is InChI=1S/C17H32N4O4.HI/c1-17(2,3)25-16(22)20-7-8-21-14(13-20)12-19-15(21)18-6-5-9-24-11-10-23-4;/h14H,5-13H2,1-4H3,(H,18,19);1H. The Hall–Kier alpha value is -0.810. The van der Waals surface area contributed by atoms with Crippen molar-refractivity contribution in [3.05, 3.63) is 0 Å². The van der Waals surface area contributed by atoms with Gasteiger partial charge in [0.15, 0.2) is 5.96 Å². The number of guanidine groups is 1. The van der Waals surface area contributed by atoms with E-state index in [1.807, 2.05) is 20.8 Å². The molecular formula is C17H33IN4O4. The Morgan fingerprint density at radius 1 is 1.27 bits per heavy atom. The quantitative estimate of drug-likeness (QED) is 0.437. The molecule has 1 unspecified atom stereocenters. The van der Waals surface area contributed by atoms with E-state index in [-0.39, 0.29) is 36.1 Å². The molecule has 0 aromatic carbocycles. The van der Waals surface area contributed by atoms with Crippen molar-refractivity contribution >= 4 is 36.0 Å². The van der Waals surface area contributed by atoms with Crippen molar-refractivity contribution in [3.8, 4) is 0 Å². The summed E-state index contributed by atoms with van der Waals surface area (Å²) in [6.45, 7) is 11.3. The number of hydrogen-bond acceptors (Lipinski definition) is 7. The van der Waals surface area contributed by atoms with Gasteiger partial charge in [-0.3, -0.25) is 4.99 Å². The molecular weight excluding hydrogens is 451 g/mol. The molecule has 2 aliphatic rings. The molecule has 2 aliphatic heterocycles. The van der Waals surface area contributed by atoms with Gasteiger partial charge in [-0.2, -0.15) is 0 Å². The predicted molar refractivity (Wildman–Crippen MR) is 111 cm³/mol. The van der Waals surface area contributed by atoms with E-state index in [0.29, 0.717) is 39.5 Å². The second-order valence-electron chi connectivity index (χ2n) is 7.32. The number of rotatable bonds is 7. The molecule has 2 rings (SSSR count). The zero-order chi connectivity index (χ0) is 18.3. The Bertz CT molecular complexity index is 470. The summed E-state index contributed by atoms with van der Waals surface area (Å²) < 4.78 is 15.9. The number of methoxy groups -OCH3 is 1. The van der Waals surface area contributed by atoms with Crippen LogP contribution in [0.5, 0.6) is 0 Å². The molecule has 2 heterocycles. The van der Waals surface area contributed by atoms with Crippen LogP contribution in [0, 0.1) is 0 Å². The number of halogens is 1. The molecule has 0 saturated carbocycles. The molecule has 1 amide bonds. The fourth-order valence-electron chi connectivity index (χ4n) is 2.84. The van der Waals surface area contributed by atoms with Gasteiger partial charge < -0.3 is 29.3 Å². The van der Waals surface area contributed by atoms with Crippen LogP contribution in [0.2, 0.25) is 0 Å². The Morgan fingerprint density at radius 2 is 2.04 bits per heavy atom. The molecule has 0 aliphatic carbocycles. The van der Waals surface area contributed by atoms with Gasteiger partial charge in [0, 0.05) is 39.9 Å². The van der Waals surface area contributed by atoms with Gasteiger partial charge in [-0.15, -0.1) is 24.0 Å². The molecule has 8 nitrogen and oxygen atoms in total. The molecule has 0 spiro atoms. The number of amides is 1. The molecule has 0 radical (unpaired) electrons. The lowest BCUT2D eigenvalue weighted by atomic mass is 10.2. The summed E-state index contributed by atoms with van der Waals surface area (Å²) in [5.74, 6) is 0.936. The van der Waals surface area contributed by atoms with Crippen molar-refractivity contribution in [2.75, 3.05) is 59.7 Å². The second kappa shape index (κ2) is 11.1. The van der Waals surface area contributed by atoms with E-state index < -0.39 is 5.60 Å². The number of hydrogen-bond donors (Lipinski definition) is 1. The molecule has 0 bridgehead atoms. The maximum atomic E-state index is 12.2. The molecule has 0 aromatic heterocycles. The molecule has 1 N–H and O–H groups in total. The van der Waals surface area contributed by atoms with Crippen LogP contribution in [-0.2, 0) is 14.2 Å². The fourth-order valence-corrected chi connectivity index (χ4v) is 2.84. The summed E-state index contributed by atoms with van der Waals surface area (Å²) in [4.78, 5) is 20.8. The molecule has 9 heteroatoms. The minimum atomic E-state index is -0.460. The molecule has 26 heavy (non-hydrogen) atoms. The maximum absolute atomic E-state index is 12.2. The summed E-state index contributed by atoms with van der Waals surface area (Å²) in [7, 11) is 1.67. The number of ether oxygens (including phenoxy) is 3. The van der Waals surface area contributed by atoms with Crippen LogP contribution in [0.4, 0.5) is 4.79 Å². The highest BCUT2D eigenvalue weighted by Crippen LogP contribution is 2.18. The lowest BCUT2D eigenvalue weighted by molar-refractivity contribution is 0.0137. The normalized spacial score (nSPS) is 19.5. The molecule has 1 fully saturated rings. The fraction of sp³-hybridized carbons (Fsp3) is 0.882. The third kappa shape index (κ3) is 7.43. The van der Waals surface area contributed by atoms with Crippen molar-refractivity contribution in [3.63, 3.8) is 0 Å². The first-order valence-corrected chi connectivity index (χ1v) is 9.00. The lowest BCUT2D eigenvalue weighted by Crippen LogP contribution is -2.57. The topological polar surface area (TPSA) is 75.6 Å². The second-order valence-corrected chi connectivity index (χ2v) is 7.32. The number of piperazine rings is 1. The van der Waals surface area contributed by atoms with Gasteiger partial charge in [0.1, 0.15) is 5.60 Å². The summed E-state index contributed by atoms with van der Waals surface area (Å²) in [5, 5.41) is 3.38. The van der Waals surface area contributed by atoms with Gasteiger partial charge in [0.2, 0.25) is 0 Å². The van der Waals surface area contributed by atoms with Crippen LogP contribution in [0.3, 0.4) is 0 Å². The van der Waals surface area contributed by atoms with Crippen LogP contribution in [-0.4, -0.2) is 93.1 Å². The van der Waals surface area contributed by atoms with Crippen molar-refractivity contribution in [2.24, 2.45) is 4.99 Å². The van der Waals surface area contributed by atoms with Gasteiger partial charge in [0.25, 0.3) is 0 Å². The van der Waals surface area contributed by atoms with E-state index in [9.17, 15) is 4.79 Å². The van der Waals surface area contributed by atoms with E-state index in [0.717, 1.165) is 25.5 Å². The minimum absolute atomic E-state index is 0. The number of aliphatic imine (C=N–C) groups is 1. The third-order valence-electron chi connectivity index (χ3n) is 4.04. The lowest BCUT2D eigenvalue weighted by Gasteiger charge is -2.39. The largest absolute Gasteiger partial charge is 0.444 e. The Morgan fingerprint density at radius 3 is 2.73 bits per heavy atom. The predicted octanol–water partition coefficient (Wildman–Crippen LogP) is 1.54. The van der Waals surface area contributed by atoms with E-state index in [1.54, 1.807) is 12.0 Å². The monoisotopic (exact) mass is 484 g/mol. The maximum Gasteiger partial charge on any atom is 0.410 e.